The third-order valence-corrected chi connectivity index (χ3v) is 4.46. The Kier molecular flexibility index (Phi) is 8.68. The lowest BCUT2D eigenvalue weighted by Gasteiger charge is -2.28. The number of halogens is 1. The van der Waals surface area contributed by atoms with Gasteiger partial charge in [0.15, 0.2) is 11.5 Å². The molecule has 1 heterocycles. The molecule has 8 heteroatoms. The van der Waals surface area contributed by atoms with Gasteiger partial charge < -0.3 is 25.4 Å². The van der Waals surface area contributed by atoms with Crippen molar-refractivity contribution < 1.29 is 19.1 Å². The zero-order chi connectivity index (χ0) is 18.4. The fourth-order valence-electron chi connectivity index (χ4n) is 2.79. The molecule has 146 valence electrons. The highest BCUT2D eigenvalue weighted by Crippen LogP contribution is 2.34. The summed E-state index contributed by atoms with van der Waals surface area (Å²) >= 11 is 0. The summed E-state index contributed by atoms with van der Waals surface area (Å²) < 4.78 is 10.6. The summed E-state index contributed by atoms with van der Waals surface area (Å²) in [6.07, 6.45) is 3.11. The molecule has 0 bridgehead atoms. The summed E-state index contributed by atoms with van der Waals surface area (Å²) in [5, 5.41) is 2.81. The minimum Gasteiger partial charge on any atom is -0.493 e. The van der Waals surface area contributed by atoms with Crippen LogP contribution in [-0.2, 0) is 4.79 Å². The van der Waals surface area contributed by atoms with Gasteiger partial charge in [-0.15, -0.1) is 12.4 Å². The van der Waals surface area contributed by atoms with Crippen molar-refractivity contribution in [2.75, 3.05) is 39.2 Å². The maximum absolute atomic E-state index is 13.0. The number of hydrogen-bond acceptors (Lipinski definition) is 5. The van der Waals surface area contributed by atoms with E-state index in [1.165, 1.54) is 14.2 Å². The molecule has 1 atom stereocenters. The van der Waals surface area contributed by atoms with Crippen molar-refractivity contribution in [1.82, 2.24) is 4.90 Å². The first-order valence-corrected chi connectivity index (χ1v) is 8.58. The van der Waals surface area contributed by atoms with Crippen LogP contribution in [0.15, 0.2) is 12.1 Å². The summed E-state index contributed by atoms with van der Waals surface area (Å²) in [6.45, 7) is 3.41. The smallest absolute Gasteiger partial charge is 0.256 e. The number of nitrogens with two attached hydrogens (primary N) is 1. The van der Waals surface area contributed by atoms with Crippen molar-refractivity contribution >= 4 is 29.9 Å². The topological polar surface area (TPSA) is 93.9 Å². The van der Waals surface area contributed by atoms with Crippen LogP contribution in [0.1, 0.15) is 36.5 Å². The van der Waals surface area contributed by atoms with E-state index in [0.29, 0.717) is 22.7 Å². The average molecular weight is 386 g/mol. The van der Waals surface area contributed by atoms with Gasteiger partial charge in [0.2, 0.25) is 5.91 Å². The van der Waals surface area contributed by atoms with E-state index in [1.807, 2.05) is 4.90 Å². The largest absolute Gasteiger partial charge is 0.493 e. The van der Waals surface area contributed by atoms with Crippen LogP contribution in [0.2, 0.25) is 0 Å². The Morgan fingerprint density at radius 2 is 1.73 bits per heavy atom. The molecule has 0 radical (unpaired) electrons. The number of amides is 2. The highest BCUT2D eigenvalue weighted by atomic mass is 35.5. The molecule has 7 nitrogen and oxygen atoms in total. The van der Waals surface area contributed by atoms with Crippen LogP contribution in [0.4, 0.5) is 5.69 Å². The van der Waals surface area contributed by atoms with Gasteiger partial charge in [0.05, 0.1) is 25.5 Å². The number of nitrogens with zero attached hydrogens (tertiary/aromatic N) is 1. The van der Waals surface area contributed by atoms with Crippen LogP contribution >= 0.6 is 12.4 Å². The van der Waals surface area contributed by atoms with Gasteiger partial charge in [-0.05, 0) is 25.3 Å². The Balaban J connectivity index is 0.00000338. The fraction of sp³-hybridized carbons (Fsp3) is 0.556. The lowest BCUT2D eigenvalue weighted by Crippen LogP contribution is -2.36. The molecule has 1 unspecified atom stereocenters. The predicted octanol–water partition coefficient (Wildman–Crippen LogP) is 2.29. The lowest BCUT2D eigenvalue weighted by atomic mass is 10.1. The van der Waals surface area contributed by atoms with Gasteiger partial charge in [-0.25, -0.2) is 0 Å². The van der Waals surface area contributed by atoms with Gasteiger partial charge in [0.25, 0.3) is 5.91 Å². The van der Waals surface area contributed by atoms with Crippen molar-refractivity contribution in [1.29, 1.82) is 0 Å². The Bertz CT molecular complexity index is 633. The molecule has 1 aromatic carbocycles. The summed E-state index contributed by atoms with van der Waals surface area (Å²) in [4.78, 5) is 27.0. The predicted molar refractivity (Wildman–Crippen MR) is 103 cm³/mol. The van der Waals surface area contributed by atoms with E-state index < -0.39 is 0 Å². The Hall–Kier alpha value is -1.99. The first-order valence-electron chi connectivity index (χ1n) is 8.58. The van der Waals surface area contributed by atoms with Gasteiger partial charge in [0, 0.05) is 31.6 Å². The minimum absolute atomic E-state index is 0. The SMILES string of the molecule is COc1cc(NC(=O)C(C)CN)c(C(=O)N2CCCCC2)cc1OC.Cl. The van der Waals surface area contributed by atoms with Crippen molar-refractivity contribution in [3.63, 3.8) is 0 Å². The highest BCUT2D eigenvalue weighted by Gasteiger charge is 2.24. The molecule has 3 N–H and O–H groups in total. The van der Waals surface area contributed by atoms with Crippen molar-refractivity contribution in [2.24, 2.45) is 11.7 Å². The minimum atomic E-state index is -0.356. The van der Waals surface area contributed by atoms with Crippen molar-refractivity contribution in [3.05, 3.63) is 17.7 Å². The van der Waals surface area contributed by atoms with Gasteiger partial charge in [-0.1, -0.05) is 6.92 Å². The van der Waals surface area contributed by atoms with Crippen molar-refractivity contribution in [3.8, 4) is 11.5 Å². The Morgan fingerprint density at radius 3 is 2.27 bits per heavy atom. The number of piperidine rings is 1. The van der Waals surface area contributed by atoms with E-state index in [2.05, 4.69) is 5.32 Å². The number of rotatable bonds is 6. The molecule has 26 heavy (non-hydrogen) atoms. The zero-order valence-electron chi connectivity index (χ0n) is 15.5. The number of likely N-dealkylation sites (tertiary alicyclic amines) is 1. The molecular formula is C18H28ClN3O4. The number of nitrogens with one attached hydrogen (secondary N) is 1. The molecule has 0 saturated carbocycles. The van der Waals surface area contributed by atoms with Gasteiger partial charge in [-0.2, -0.15) is 0 Å². The highest BCUT2D eigenvalue weighted by molar-refractivity contribution is 6.05. The Labute approximate surface area is 160 Å². The molecule has 1 aliphatic heterocycles. The van der Waals surface area contributed by atoms with Crippen LogP contribution in [0, 0.1) is 5.92 Å². The monoisotopic (exact) mass is 385 g/mol. The molecule has 1 aliphatic rings. The second-order valence-electron chi connectivity index (χ2n) is 6.23. The Morgan fingerprint density at radius 1 is 1.15 bits per heavy atom. The van der Waals surface area contributed by atoms with E-state index in [-0.39, 0.29) is 36.7 Å². The number of benzene rings is 1. The second-order valence-corrected chi connectivity index (χ2v) is 6.23. The van der Waals surface area contributed by atoms with Gasteiger partial charge in [0.1, 0.15) is 0 Å². The molecule has 0 aromatic heterocycles. The zero-order valence-corrected chi connectivity index (χ0v) is 16.4. The maximum Gasteiger partial charge on any atom is 0.256 e. The molecule has 2 rings (SSSR count). The van der Waals surface area contributed by atoms with E-state index in [1.54, 1.807) is 19.1 Å². The maximum atomic E-state index is 13.0. The molecule has 2 amide bonds. The van der Waals surface area contributed by atoms with E-state index in [4.69, 9.17) is 15.2 Å². The number of carbonyl (C=O) groups is 2. The second kappa shape index (κ2) is 10.2. The number of anilines is 1. The first kappa shape index (κ1) is 22.1. The van der Waals surface area contributed by atoms with Crippen molar-refractivity contribution in [2.45, 2.75) is 26.2 Å². The third-order valence-electron chi connectivity index (χ3n) is 4.46. The number of methoxy groups -OCH3 is 2. The number of ether oxygens (including phenoxy) is 2. The van der Waals surface area contributed by atoms with Crippen LogP contribution in [-0.4, -0.2) is 50.6 Å². The molecule has 1 fully saturated rings. The normalized spacial score (nSPS) is 14.8. The third kappa shape index (κ3) is 5.02. The molecule has 1 aromatic rings. The van der Waals surface area contributed by atoms with E-state index >= 15 is 0 Å². The summed E-state index contributed by atoms with van der Waals surface area (Å²) in [5.41, 5.74) is 6.38. The first-order chi connectivity index (χ1) is 12.0. The van der Waals surface area contributed by atoms with Crippen LogP contribution < -0.4 is 20.5 Å². The van der Waals surface area contributed by atoms with E-state index in [0.717, 1.165) is 32.4 Å². The number of carbonyl (C=O) groups excluding carboxylic acids is 2. The van der Waals surface area contributed by atoms with Crippen LogP contribution in [0.5, 0.6) is 11.5 Å². The summed E-state index contributed by atoms with van der Waals surface area (Å²) in [7, 11) is 3.03. The van der Waals surface area contributed by atoms with Gasteiger partial charge >= 0.3 is 0 Å². The summed E-state index contributed by atoms with van der Waals surface area (Å²) in [6, 6.07) is 3.25. The van der Waals surface area contributed by atoms with E-state index in [9.17, 15) is 9.59 Å². The summed E-state index contributed by atoms with van der Waals surface area (Å²) in [5.74, 6) is 0.200. The van der Waals surface area contributed by atoms with Gasteiger partial charge in [-0.3, -0.25) is 9.59 Å². The molecule has 0 aliphatic carbocycles. The van der Waals surface area contributed by atoms with Crippen LogP contribution in [0.3, 0.4) is 0 Å². The lowest BCUT2D eigenvalue weighted by molar-refractivity contribution is -0.119. The number of hydrogen-bond donors (Lipinski definition) is 2. The molecular weight excluding hydrogens is 358 g/mol. The fourth-order valence-corrected chi connectivity index (χ4v) is 2.79. The standard InChI is InChI=1S/C18H27N3O4.ClH/c1-12(11-19)17(22)20-14-10-16(25-3)15(24-2)9-13(14)18(23)21-7-5-4-6-8-21;/h9-10,12H,4-8,11,19H2,1-3H3,(H,20,22);1H. The van der Waals surface area contributed by atoms with Crippen LogP contribution in [0.25, 0.3) is 0 Å². The molecule has 1 saturated heterocycles. The quantitative estimate of drug-likeness (QED) is 0.783. The average Bonchev–Trinajstić information content (AvgIpc) is 2.66. The molecule has 0 spiro atoms.